The van der Waals surface area contributed by atoms with Crippen LogP contribution in [0.1, 0.15) is 37.2 Å². The molecule has 0 aliphatic carbocycles. The van der Waals surface area contributed by atoms with Crippen LogP contribution in [0.25, 0.3) is 11.0 Å². The van der Waals surface area contributed by atoms with Gasteiger partial charge in [0.15, 0.2) is 0 Å². The number of nitrogens with zero attached hydrogens (tertiary/aromatic N) is 7. The Morgan fingerprint density at radius 2 is 1.88 bits per heavy atom. The highest BCUT2D eigenvalue weighted by Crippen LogP contribution is 2.26. The van der Waals surface area contributed by atoms with E-state index in [1.807, 2.05) is 42.8 Å². The third kappa shape index (κ3) is 5.05. The molecule has 34 heavy (non-hydrogen) atoms. The smallest absolute Gasteiger partial charge is 0.229 e. The van der Waals surface area contributed by atoms with Gasteiger partial charge in [0.1, 0.15) is 11.7 Å². The lowest BCUT2D eigenvalue weighted by Gasteiger charge is -2.32. The summed E-state index contributed by atoms with van der Waals surface area (Å²) in [5.74, 6) is -0.381. The summed E-state index contributed by atoms with van der Waals surface area (Å²) in [7, 11) is 2.03. The number of likely N-dealkylation sites (N-methyl/N-ethyl adjacent to an activating group) is 1. The van der Waals surface area contributed by atoms with Crippen LogP contribution in [0.5, 0.6) is 0 Å². The first-order valence-corrected chi connectivity index (χ1v) is 11.4. The number of rotatable bonds is 7. The molecule has 10 heteroatoms. The Labute approximate surface area is 198 Å². The molecular weight excluding hydrogens is 432 g/mol. The lowest BCUT2D eigenvalue weighted by molar-refractivity contribution is -0.134. The number of hydrogen-bond acceptors (Lipinski definition) is 7. The van der Waals surface area contributed by atoms with Crippen molar-refractivity contribution >= 4 is 28.8 Å². The van der Waals surface area contributed by atoms with Crippen molar-refractivity contribution in [2.24, 2.45) is 0 Å². The molecule has 0 bridgehead atoms. The van der Waals surface area contributed by atoms with Crippen LogP contribution in [0.2, 0.25) is 0 Å². The number of nitrogens with one attached hydrogen (secondary N) is 1. The summed E-state index contributed by atoms with van der Waals surface area (Å²) >= 11 is 0. The van der Waals surface area contributed by atoms with E-state index in [-0.39, 0.29) is 30.6 Å². The van der Waals surface area contributed by atoms with Gasteiger partial charge in [-0.1, -0.05) is 12.1 Å². The molecule has 1 aliphatic heterocycles. The fraction of sp³-hybridized carbons (Fsp3) is 0.417. The first-order valence-electron chi connectivity index (χ1n) is 11.4. The van der Waals surface area contributed by atoms with E-state index in [0.717, 1.165) is 24.1 Å². The van der Waals surface area contributed by atoms with E-state index in [4.69, 9.17) is 0 Å². The Morgan fingerprint density at radius 1 is 1.12 bits per heavy atom. The van der Waals surface area contributed by atoms with Gasteiger partial charge in [-0.25, -0.2) is 15.0 Å². The highest BCUT2D eigenvalue weighted by Gasteiger charge is 2.24. The quantitative estimate of drug-likeness (QED) is 0.572. The zero-order valence-corrected chi connectivity index (χ0v) is 19.4. The largest absolute Gasteiger partial charge is 0.340 e. The Balaban J connectivity index is 1.44. The Bertz CT molecular complexity index is 1220. The van der Waals surface area contributed by atoms with Gasteiger partial charge in [0.25, 0.3) is 0 Å². The Morgan fingerprint density at radius 3 is 2.62 bits per heavy atom. The maximum Gasteiger partial charge on any atom is 0.229 e. The Kier molecular flexibility index (Phi) is 7.13. The van der Waals surface area contributed by atoms with Crippen molar-refractivity contribution in [1.82, 2.24) is 29.3 Å². The highest BCUT2D eigenvalue weighted by atomic mass is 16.2. The molecule has 0 radical (unpaired) electrons. The number of nitriles is 1. The molecule has 1 atom stereocenters. The van der Waals surface area contributed by atoms with Crippen molar-refractivity contribution < 1.29 is 9.59 Å². The van der Waals surface area contributed by atoms with Gasteiger partial charge in [0.2, 0.25) is 17.8 Å². The molecule has 3 heterocycles. The number of carbonyl (C=O) groups is 2. The van der Waals surface area contributed by atoms with Crippen LogP contribution in [0.3, 0.4) is 0 Å². The molecule has 2 aromatic heterocycles. The standard InChI is InChI=1S/C24H28N8O2/c1-3-32-20-7-5-4-6-19(20)27-23(32)17(16-25)18-10-11-26-24(28-18)29-21(33)8-9-22(34)31-14-12-30(2)13-15-31/h4-7,10-11,17H,3,8-9,12-15H2,1-2H3,(H,26,28,29,33). The second-order valence-electron chi connectivity index (χ2n) is 8.30. The molecule has 0 saturated carbocycles. The van der Waals surface area contributed by atoms with E-state index in [1.165, 1.54) is 6.20 Å². The van der Waals surface area contributed by atoms with Crippen LogP contribution in [0, 0.1) is 11.3 Å². The maximum absolute atomic E-state index is 12.4. The van der Waals surface area contributed by atoms with Gasteiger partial charge in [-0.3, -0.25) is 14.9 Å². The number of piperazine rings is 1. The van der Waals surface area contributed by atoms with Crippen LogP contribution in [-0.4, -0.2) is 74.4 Å². The van der Waals surface area contributed by atoms with Gasteiger partial charge < -0.3 is 14.4 Å². The van der Waals surface area contributed by atoms with Crippen molar-refractivity contribution in [2.75, 3.05) is 38.5 Å². The van der Waals surface area contributed by atoms with Gasteiger partial charge >= 0.3 is 0 Å². The van der Waals surface area contributed by atoms with Gasteiger partial charge in [0.05, 0.1) is 22.8 Å². The van der Waals surface area contributed by atoms with E-state index in [1.54, 1.807) is 11.0 Å². The number of aromatic nitrogens is 4. The van der Waals surface area contributed by atoms with Crippen LogP contribution in [0.15, 0.2) is 36.5 Å². The third-order valence-corrected chi connectivity index (χ3v) is 6.03. The monoisotopic (exact) mass is 460 g/mol. The van der Waals surface area contributed by atoms with E-state index in [9.17, 15) is 14.9 Å². The topological polar surface area (TPSA) is 120 Å². The minimum atomic E-state index is -0.718. The summed E-state index contributed by atoms with van der Waals surface area (Å²) < 4.78 is 1.99. The van der Waals surface area contributed by atoms with Crippen LogP contribution in [0.4, 0.5) is 5.95 Å². The van der Waals surface area contributed by atoms with Crippen molar-refractivity contribution in [2.45, 2.75) is 32.2 Å². The molecule has 1 fully saturated rings. The van der Waals surface area contributed by atoms with Crippen molar-refractivity contribution in [3.05, 3.63) is 48.0 Å². The highest BCUT2D eigenvalue weighted by molar-refractivity contribution is 5.91. The van der Waals surface area contributed by atoms with E-state index < -0.39 is 5.92 Å². The number of hydrogen-bond donors (Lipinski definition) is 1. The first kappa shape index (κ1) is 23.3. The molecular formula is C24H28N8O2. The zero-order chi connectivity index (χ0) is 24.1. The fourth-order valence-electron chi connectivity index (χ4n) is 4.12. The molecule has 1 aliphatic rings. The minimum Gasteiger partial charge on any atom is -0.340 e. The summed E-state index contributed by atoms with van der Waals surface area (Å²) in [6.07, 6.45) is 1.69. The summed E-state index contributed by atoms with van der Waals surface area (Å²) in [6, 6.07) is 11.7. The number of amides is 2. The first-order chi connectivity index (χ1) is 16.5. The average molecular weight is 461 g/mol. The van der Waals surface area contributed by atoms with Gasteiger partial charge in [-0.05, 0) is 32.2 Å². The van der Waals surface area contributed by atoms with Crippen LogP contribution < -0.4 is 5.32 Å². The zero-order valence-electron chi connectivity index (χ0n) is 19.4. The number of para-hydroxylation sites is 2. The summed E-state index contributed by atoms with van der Waals surface area (Å²) in [4.78, 5) is 42.0. The lowest BCUT2D eigenvalue weighted by atomic mass is 10.1. The fourth-order valence-corrected chi connectivity index (χ4v) is 4.12. The molecule has 2 amide bonds. The third-order valence-electron chi connectivity index (χ3n) is 6.03. The van der Waals surface area contributed by atoms with Gasteiger partial charge in [-0.2, -0.15) is 5.26 Å². The molecule has 3 aromatic rings. The maximum atomic E-state index is 12.4. The predicted molar refractivity (Wildman–Crippen MR) is 127 cm³/mol. The van der Waals surface area contributed by atoms with Crippen LogP contribution in [-0.2, 0) is 16.1 Å². The summed E-state index contributed by atoms with van der Waals surface area (Å²) in [5, 5.41) is 12.6. The van der Waals surface area contributed by atoms with E-state index >= 15 is 0 Å². The predicted octanol–water partition coefficient (Wildman–Crippen LogP) is 1.99. The minimum absolute atomic E-state index is 0.0269. The van der Waals surface area contributed by atoms with Crippen molar-refractivity contribution in [3.8, 4) is 6.07 Å². The SMILES string of the molecule is CCn1c(C(C#N)c2ccnc(NC(=O)CCC(=O)N3CCN(C)CC3)n2)nc2ccccc21. The molecule has 1 aromatic carbocycles. The number of benzene rings is 1. The molecule has 1 saturated heterocycles. The van der Waals surface area contributed by atoms with Gasteiger partial charge in [-0.15, -0.1) is 0 Å². The average Bonchev–Trinajstić information content (AvgIpc) is 3.22. The normalized spacial score (nSPS) is 15.1. The number of imidazole rings is 1. The number of anilines is 1. The lowest BCUT2D eigenvalue weighted by Crippen LogP contribution is -2.47. The number of aryl methyl sites for hydroxylation is 1. The van der Waals surface area contributed by atoms with Gasteiger partial charge in [0, 0.05) is 51.8 Å². The molecule has 0 spiro atoms. The second-order valence-corrected chi connectivity index (χ2v) is 8.30. The van der Waals surface area contributed by atoms with E-state index in [2.05, 4.69) is 31.2 Å². The molecule has 10 nitrogen and oxygen atoms in total. The molecule has 1 N–H and O–H groups in total. The van der Waals surface area contributed by atoms with Crippen molar-refractivity contribution in [3.63, 3.8) is 0 Å². The second kappa shape index (κ2) is 10.4. The van der Waals surface area contributed by atoms with Crippen molar-refractivity contribution in [1.29, 1.82) is 5.26 Å². The molecule has 176 valence electrons. The molecule has 4 rings (SSSR count). The number of fused-ring (bicyclic) bond motifs is 1. The molecule has 1 unspecified atom stereocenters. The summed E-state index contributed by atoms with van der Waals surface area (Å²) in [6.45, 7) is 5.69. The number of carbonyl (C=O) groups excluding carboxylic acids is 2. The Hall–Kier alpha value is -3.84. The van der Waals surface area contributed by atoms with Crippen LogP contribution >= 0.6 is 0 Å². The summed E-state index contributed by atoms with van der Waals surface area (Å²) in [5.41, 5.74) is 2.21. The van der Waals surface area contributed by atoms with E-state index in [0.29, 0.717) is 31.2 Å².